The Kier molecular flexibility index (Phi) is 13.0. The molecule has 2 N–H and O–H groups in total. The summed E-state index contributed by atoms with van der Waals surface area (Å²) in [5.41, 5.74) is 2.34. The number of aliphatic hydroxyl groups excluding tert-OH is 1. The van der Waals surface area contributed by atoms with Crippen molar-refractivity contribution in [3.8, 4) is 0 Å². The van der Waals surface area contributed by atoms with E-state index in [1.807, 2.05) is 71.6 Å². The van der Waals surface area contributed by atoms with Crippen LogP contribution in [0.5, 0.6) is 0 Å². The molecule has 3 aromatic carbocycles. The highest BCUT2D eigenvalue weighted by Gasteiger charge is 2.52. The van der Waals surface area contributed by atoms with Crippen molar-refractivity contribution in [3.63, 3.8) is 0 Å². The molecule has 0 aromatic heterocycles. The average molecular weight is 735 g/mol. The first-order valence-corrected chi connectivity index (χ1v) is 19.7. The number of carbonyl (C=O) groups is 4. The van der Waals surface area contributed by atoms with Crippen molar-refractivity contribution in [1.29, 1.82) is 0 Å². The molecule has 0 saturated carbocycles. The summed E-state index contributed by atoms with van der Waals surface area (Å²) in [6.07, 6.45) is 12.3. The fourth-order valence-electron chi connectivity index (χ4n) is 7.95. The highest BCUT2D eigenvalue weighted by atomic mass is 16.3. The van der Waals surface area contributed by atoms with Crippen LogP contribution in [-0.4, -0.2) is 65.0 Å². The molecule has 0 radical (unpaired) electrons. The van der Waals surface area contributed by atoms with Gasteiger partial charge in [0.25, 0.3) is 5.91 Å². The van der Waals surface area contributed by atoms with Crippen LogP contribution in [0.4, 0.5) is 17.1 Å². The van der Waals surface area contributed by atoms with Gasteiger partial charge >= 0.3 is 0 Å². The quantitative estimate of drug-likeness (QED) is 0.202. The van der Waals surface area contributed by atoms with E-state index in [9.17, 15) is 29.4 Å². The monoisotopic (exact) mass is 734 g/mol. The molecule has 0 bridgehead atoms. The van der Waals surface area contributed by atoms with Gasteiger partial charge in [-0.3, -0.25) is 19.2 Å². The Bertz CT molecular complexity index is 1810. The van der Waals surface area contributed by atoms with Gasteiger partial charge in [-0.1, -0.05) is 87.2 Å². The molecule has 0 unspecified atom stereocenters. The Balaban J connectivity index is 1.26. The molecule has 4 amide bonds. The Morgan fingerprint density at radius 2 is 1.41 bits per heavy atom. The number of benzene rings is 3. The lowest BCUT2D eigenvalue weighted by atomic mass is 9.82. The average Bonchev–Trinajstić information content (AvgIpc) is 3.37. The zero-order valence-electron chi connectivity index (χ0n) is 31.5. The van der Waals surface area contributed by atoms with E-state index in [1.165, 1.54) is 0 Å². The second kappa shape index (κ2) is 18.0. The molecule has 3 aromatic rings. The molecule has 2 fully saturated rings. The molecule has 2 saturated heterocycles. The third-order valence-corrected chi connectivity index (χ3v) is 11.1. The minimum absolute atomic E-state index is 0.0339. The highest BCUT2D eigenvalue weighted by Crippen LogP contribution is 2.47. The lowest BCUT2D eigenvalue weighted by Gasteiger charge is -2.29. The maximum atomic E-state index is 14.5. The van der Waals surface area contributed by atoms with E-state index >= 15 is 0 Å². The van der Waals surface area contributed by atoms with Gasteiger partial charge < -0.3 is 29.8 Å². The standard InChI is InChI=1S/C44H54N4O6/c1-33(14-13-19-40(50)45(28-29-49)31-34-15-7-6-8-16-34)44(54)38-30-37(47-27-12-5-3-10-18-42(47)52)24-25-39(38)48(43(44)53)32-35-20-22-36(23-21-35)46-26-11-4-2-9-17-41(46)51/h6-8,13-16,20-25,30,33,49,54H,2-5,9-12,17-19,26-29,31-32H2,1H3/b14-13+/t33-,44+/m1/s1. The summed E-state index contributed by atoms with van der Waals surface area (Å²) in [6.45, 7) is 3.62. The van der Waals surface area contributed by atoms with Crippen molar-refractivity contribution in [3.05, 3.63) is 102 Å². The molecule has 2 atom stereocenters. The Labute approximate surface area is 319 Å². The van der Waals surface area contributed by atoms with Crippen LogP contribution in [0.3, 0.4) is 0 Å². The number of aliphatic hydroxyl groups is 2. The number of hydrogen-bond donors (Lipinski definition) is 2. The number of fused-ring (bicyclic) bond motifs is 1. The van der Waals surface area contributed by atoms with Crippen LogP contribution in [0.25, 0.3) is 0 Å². The van der Waals surface area contributed by atoms with E-state index in [2.05, 4.69) is 0 Å². The molecule has 3 heterocycles. The van der Waals surface area contributed by atoms with E-state index < -0.39 is 17.4 Å². The van der Waals surface area contributed by atoms with Gasteiger partial charge in [-0.05, 0) is 67.1 Å². The SMILES string of the molecule is C[C@H](/C=C/CC(=O)N(CCO)Cc1ccccc1)[C@@]1(O)C(=O)N(Cc2ccc(N3CCCCCCC3=O)cc2)c2ccc(N3CCCCCCC3=O)cc21. The van der Waals surface area contributed by atoms with Crippen LogP contribution in [0, 0.1) is 5.92 Å². The largest absolute Gasteiger partial charge is 0.395 e. The summed E-state index contributed by atoms with van der Waals surface area (Å²) < 4.78 is 0. The first-order valence-electron chi connectivity index (χ1n) is 19.7. The van der Waals surface area contributed by atoms with Crippen molar-refractivity contribution >= 4 is 40.7 Å². The summed E-state index contributed by atoms with van der Waals surface area (Å²) >= 11 is 0. The van der Waals surface area contributed by atoms with Crippen LogP contribution in [0.2, 0.25) is 0 Å². The predicted octanol–water partition coefficient (Wildman–Crippen LogP) is 6.62. The van der Waals surface area contributed by atoms with Gasteiger partial charge in [0.15, 0.2) is 5.60 Å². The number of anilines is 3. The van der Waals surface area contributed by atoms with Gasteiger partial charge in [-0.25, -0.2) is 0 Å². The van der Waals surface area contributed by atoms with E-state index in [0.717, 1.165) is 68.2 Å². The highest BCUT2D eigenvalue weighted by molar-refractivity contribution is 6.08. The molecule has 286 valence electrons. The summed E-state index contributed by atoms with van der Waals surface area (Å²) in [5.74, 6) is -1.22. The Morgan fingerprint density at radius 1 is 0.796 bits per heavy atom. The van der Waals surface area contributed by atoms with Crippen LogP contribution in [-0.2, 0) is 37.9 Å². The summed E-state index contributed by atoms with van der Waals surface area (Å²) in [6, 6.07) is 22.8. The zero-order chi connectivity index (χ0) is 38.1. The smallest absolute Gasteiger partial charge is 0.264 e. The number of hydrogen-bond acceptors (Lipinski definition) is 6. The maximum Gasteiger partial charge on any atom is 0.264 e. The Hall–Kier alpha value is -4.80. The minimum atomic E-state index is -1.96. The lowest BCUT2D eigenvalue weighted by molar-refractivity contribution is -0.139. The summed E-state index contributed by atoms with van der Waals surface area (Å²) in [5, 5.41) is 22.2. The summed E-state index contributed by atoms with van der Waals surface area (Å²) in [4.78, 5) is 60.8. The molecular weight excluding hydrogens is 681 g/mol. The molecule has 6 rings (SSSR count). The van der Waals surface area contributed by atoms with Gasteiger partial charge in [0.2, 0.25) is 17.7 Å². The first-order chi connectivity index (χ1) is 26.2. The minimum Gasteiger partial charge on any atom is -0.395 e. The number of rotatable bonds is 12. The molecule has 54 heavy (non-hydrogen) atoms. The Morgan fingerprint density at radius 3 is 2.06 bits per heavy atom. The molecule has 0 spiro atoms. The predicted molar refractivity (Wildman–Crippen MR) is 211 cm³/mol. The third kappa shape index (κ3) is 8.77. The fourth-order valence-corrected chi connectivity index (χ4v) is 7.95. The van der Waals surface area contributed by atoms with E-state index in [4.69, 9.17) is 0 Å². The van der Waals surface area contributed by atoms with Gasteiger partial charge in [0, 0.05) is 68.3 Å². The second-order valence-electron chi connectivity index (χ2n) is 14.9. The van der Waals surface area contributed by atoms with Crippen molar-refractivity contribution < 1.29 is 29.4 Å². The van der Waals surface area contributed by atoms with Crippen LogP contribution < -0.4 is 14.7 Å². The molecule has 3 aliphatic heterocycles. The first kappa shape index (κ1) is 38.9. The topological polar surface area (TPSA) is 122 Å². The van der Waals surface area contributed by atoms with Crippen molar-refractivity contribution in [2.45, 2.75) is 96.2 Å². The number of amides is 4. The summed E-state index contributed by atoms with van der Waals surface area (Å²) in [7, 11) is 0. The van der Waals surface area contributed by atoms with Gasteiger partial charge in [0.1, 0.15) is 0 Å². The molecule has 10 nitrogen and oxygen atoms in total. The van der Waals surface area contributed by atoms with Crippen LogP contribution in [0.15, 0.2) is 84.9 Å². The molecule has 3 aliphatic rings. The van der Waals surface area contributed by atoms with Crippen LogP contribution in [0.1, 0.15) is 94.2 Å². The van der Waals surface area contributed by atoms with Crippen molar-refractivity contribution in [1.82, 2.24) is 4.90 Å². The van der Waals surface area contributed by atoms with Gasteiger partial charge in [-0.2, -0.15) is 0 Å². The normalized spacial score (nSPS) is 20.4. The van der Waals surface area contributed by atoms with Gasteiger partial charge in [-0.15, -0.1) is 0 Å². The maximum absolute atomic E-state index is 14.5. The molecular formula is C44H54N4O6. The lowest BCUT2D eigenvalue weighted by Crippen LogP contribution is -2.44. The zero-order valence-corrected chi connectivity index (χ0v) is 31.5. The number of nitrogens with zero attached hydrogens (tertiary/aromatic N) is 4. The van der Waals surface area contributed by atoms with Crippen molar-refractivity contribution in [2.24, 2.45) is 5.92 Å². The van der Waals surface area contributed by atoms with E-state index in [0.29, 0.717) is 49.4 Å². The van der Waals surface area contributed by atoms with E-state index in [-0.39, 0.29) is 43.8 Å². The molecule has 10 heteroatoms. The van der Waals surface area contributed by atoms with Crippen molar-refractivity contribution in [2.75, 3.05) is 40.9 Å². The molecule has 0 aliphatic carbocycles. The second-order valence-corrected chi connectivity index (χ2v) is 14.9. The third-order valence-electron chi connectivity index (χ3n) is 11.1. The van der Waals surface area contributed by atoms with E-state index in [1.54, 1.807) is 39.8 Å². The van der Waals surface area contributed by atoms with Gasteiger partial charge in [0.05, 0.1) is 18.8 Å². The number of carbonyl (C=O) groups excluding carboxylic acids is 4. The van der Waals surface area contributed by atoms with Crippen LogP contribution >= 0.6 is 0 Å². The fraction of sp³-hybridized carbons (Fsp3) is 0.455.